The molecule has 3 rings (SSSR count). The summed E-state index contributed by atoms with van der Waals surface area (Å²) in [5.74, 6) is 0.916. The normalized spacial score (nSPS) is 28.1. The quantitative estimate of drug-likeness (QED) is 0.898. The maximum atomic E-state index is 12.6. The van der Waals surface area contributed by atoms with Crippen LogP contribution in [0.5, 0.6) is 0 Å². The molecule has 2 aliphatic rings. The summed E-state index contributed by atoms with van der Waals surface area (Å²) in [6.07, 6.45) is -2.24. The van der Waals surface area contributed by atoms with Crippen LogP contribution in [-0.4, -0.2) is 17.6 Å². The fourth-order valence-electron chi connectivity index (χ4n) is 3.57. The first kappa shape index (κ1) is 15.3. The lowest BCUT2D eigenvalue weighted by Gasteiger charge is -2.15. The molecule has 0 aromatic heterocycles. The number of halogens is 3. The van der Waals surface area contributed by atoms with Crippen molar-refractivity contribution in [3.8, 4) is 0 Å². The molecule has 22 heavy (non-hydrogen) atoms. The second kappa shape index (κ2) is 5.57. The predicted molar refractivity (Wildman–Crippen MR) is 73.7 cm³/mol. The second-order valence-corrected chi connectivity index (χ2v) is 6.17. The van der Waals surface area contributed by atoms with Crippen molar-refractivity contribution >= 4 is 5.91 Å². The Hall–Kier alpha value is -1.56. The molecule has 3 nitrogen and oxygen atoms in total. The number of hydrogen-bond acceptors (Lipinski definition) is 2. The number of nitrogens with one attached hydrogen (secondary N) is 1. The molecule has 6 heteroatoms. The van der Waals surface area contributed by atoms with Gasteiger partial charge < -0.3 is 10.4 Å². The number of carbonyl (C=O) groups is 1. The van der Waals surface area contributed by atoms with Gasteiger partial charge in [0, 0.05) is 12.5 Å². The molecule has 2 saturated carbocycles. The van der Waals surface area contributed by atoms with E-state index < -0.39 is 17.8 Å². The van der Waals surface area contributed by atoms with Crippen LogP contribution in [0.3, 0.4) is 0 Å². The zero-order chi connectivity index (χ0) is 15.9. The van der Waals surface area contributed by atoms with Crippen molar-refractivity contribution in [1.29, 1.82) is 0 Å². The molecule has 2 fully saturated rings. The van der Waals surface area contributed by atoms with E-state index in [4.69, 9.17) is 0 Å². The summed E-state index contributed by atoms with van der Waals surface area (Å²) >= 11 is 0. The first-order valence-electron chi connectivity index (χ1n) is 7.51. The number of fused-ring (bicyclic) bond motifs is 1. The zero-order valence-electron chi connectivity index (χ0n) is 11.9. The SMILES string of the molecule is O=C(NC[C@H](O)c1cccc(C(F)(F)F)c1)C1[C@H]2CCC[C@H]12. The van der Waals surface area contributed by atoms with E-state index in [9.17, 15) is 23.1 Å². The molecule has 1 amide bonds. The number of rotatable bonds is 4. The van der Waals surface area contributed by atoms with Crippen molar-refractivity contribution < 1.29 is 23.1 Å². The van der Waals surface area contributed by atoms with E-state index in [0.717, 1.165) is 25.0 Å². The number of amides is 1. The van der Waals surface area contributed by atoms with Crippen LogP contribution in [0.25, 0.3) is 0 Å². The average molecular weight is 313 g/mol. The topological polar surface area (TPSA) is 49.3 Å². The molecule has 0 bridgehead atoms. The molecule has 3 atom stereocenters. The molecule has 2 N–H and O–H groups in total. The highest BCUT2D eigenvalue weighted by atomic mass is 19.4. The van der Waals surface area contributed by atoms with Gasteiger partial charge in [0.25, 0.3) is 0 Å². The lowest BCUT2D eigenvalue weighted by Crippen LogP contribution is -2.30. The summed E-state index contributed by atoms with van der Waals surface area (Å²) < 4.78 is 37.9. The largest absolute Gasteiger partial charge is 0.416 e. The summed E-state index contributed by atoms with van der Waals surface area (Å²) in [4.78, 5) is 12.0. The van der Waals surface area contributed by atoms with Gasteiger partial charge in [-0.15, -0.1) is 0 Å². The standard InChI is InChI=1S/C16H18F3NO2/c17-16(18,19)10-4-1-3-9(7-10)13(21)8-20-15(22)14-11-5-2-6-12(11)14/h1,3-4,7,11-14,21H,2,5-6,8H2,(H,20,22)/t11-,12-,13-/m0/s1. The van der Waals surface area contributed by atoms with Crippen LogP contribution in [0, 0.1) is 17.8 Å². The maximum absolute atomic E-state index is 12.6. The molecule has 1 aromatic rings. The van der Waals surface area contributed by atoms with Crippen LogP contribution in [0.2, 0.25) is 0 Å². The van der Waals surface area contributed by atoms with Crippen LogP contribution in [-0.2, 0) is 11.0 Å². The number of aliphatic hydroxyl groups excluding tert-OH is 1. The van der Waals surface area contributed by atoms with Crippen LogP contribution in [0.1, 0.15) is 36.5 Å². The third-order valence-corrected chi connectivity index (χ3v) is 4.78. The fourth-order valence-corrected chi connectivity index (χ4v) is 3.57. The van der Waals surface area contributed by atoms with Crippen LogP contribution in [0.4, 0.5) is 13.2 Å². The Kier molecular flexibility index (Phi) is 3.89. The second-order valence-electron chi connectivity index (χ2n) is 6.17. The van der Waals surface area contributed by atoms with E-state index in [1.807, 2.05) is 0 Å². The fraction of sp³-hybridized carbons (Fsp3) is 0.562. The van der Waals surface area contributed by atoms with Crippen molar-refractivity contribution in [3.05, 3.63) is 35.4 Å². The highest BCUT2D eigenvalue weighted by molar-refractivity contribution is 5.82. The van der Waals surface area contributed by atoms with Crippen molar-refractivity contribution in [2.75, 3.05) is 6.54 Å². The Morgan fingerprint density at radius 2 is 2.00 bits per heavy atom. The van der Waals surface area contributed by atoms with Gasteiger partial charge in [-0.25, -0.2) is 0 Å². The molecule has 2 aliphatic carbocycles. The van der Waals surface area contributed by atoms with Gasteiger partial charge in [-0.3, -0.25) is 4.79 Å². The lowest BCUT2D eigenvalue weighted by molar-refractivity contribution is -0.137. The molecule has 0 heterocycles. The lowest BCUT2D eigenvalue weighted by atomic mass is 10.1. The number of benzene rings is 1. The Bertz CT molecular complexity index is 563. The molecule has 0 saturated heterocycles. The molecule has 0 unspecified atom stereocenters. The van der Waals surface area contributed by atoms with Crippen molar-refractivity contribution in [2.24, 2.45) is 17.8 Å². The van der Waals surface area contributed by atoms with E-state index in [0.29, 0.717) is 11.8 Å². The molecule has 0 spiro atoms. The van der Waals surface area contributed by atoms with Gasteiger partial charge in [0.05, 0.1) is 11.7 Å². The summed E-state index contributed by atoms with van der Waals surface area (Å²) in [7, 11) is 0. The Morgan fingerprint density at radius 3 is 2.64 bits per heavy atom. The van der Waals surface area contributed by atoms with Gasteiger partial charge in [0.2, 0.25) is 5.91 Å². The van der Waals surface area contributed by atoms with Gasteiger partial charge in [-0.2, -0.15) is 13.2 Å². The van der Waals surface area contributed by atoms with Gasteiger partial charge in [-0.1, -0.05) is 18.6 Å². The van der Waals surface area contributed by atoms with E-state index in [-0.39, 0.29) is 23.9 Å². The molecule has 0 aliphatic heterocycles. The van der Waals surface area contributed by atoms with Gasteiger partial charge >= 0.3 is 6.18 Å². The third kappa shape index (κ3) is 2.97. The number of aliphatic hydroxyl groups is 1. The smallest absolute Gasteiger partial charge is 0.387 e. The van der Waals surface area contributed by atoms with Gasteiger partial charge in [0.15, 0.2) is 0 Å². The van der Waals surface area contributed by atoms with E-state index in [2.05, 4.69) is 5.32 Å². The monoisotopic (exact) mass is 313 g/mol. The van der Waals surface area contributed by atoms with E-state index in [1.54, 1.807) is 0 Å². The molecule has 1 aromatic carbocycles. The summed E-state index contributed by atoms with van der Waals surface area (Å²) in [5, 5.41) is 12.6. The third-order valence-electron chi connectivity index (χ3n) is 4.78. The summed E-state index contributed by atoms with van der Waals surface area (Å²) in [6, 6.07) is 4.56. The average Bonchev–Trinajstić information content (AvgIpc) is 2.96. The number of alkyl halides is 3. The minimum atomic E-state index is -4.44. The van der Waals surface area contributed by atoms with Crippen LogP contribution in [0.15, 0.2) is 24.3 Å². The van der Waals surface area contributed by atoms with Gasteiger partial charge in [0.1, 0.15) is 0 Å². The van der Waals surface area contributed by atoms with Crippen LogP contribution >= 0.6 is 0 Å². The number of carbonyl (C=O) groups excluding carboxylic acids is 1. The Balaban J connectivity index is 1.56. The minimum absolute atomic E-state index is 0.0439. The highest BCUT2D eigenvalue weighted by Gasteiger charge is 2.56. The van der Waals surface area contributed by atoms with E-state index in [1.165, 1.54) is 18.6 Å². The maximum Gasteiger partial charge on any atom is 0.416 e. The summed E-state index contributed by atoms with van der Waals surface area (Å²) in [6.45, 7) is -0.0594. The summed E-state index contributed by atoms with van der Waals surface area (Å²) in [5.41, 5.74) is -0.641. The highest BCUT2D eigenvalue weighted by Crippen LogP contribution is 2.57. The van der Waals surface area contributed by atoms with E-state index >= 15 is 0 Å². The van der Waals surface area contributed by atoms with Crippen LogP contribution < -0.4 is 5.32 Å². The van der Waals surface area contributed by atoms with Crippen molar-refractivity contribution in [1.82, 2.24) is 5.32 Å². The van der Waals surface area contributed by atoms with Crippen molar-refractivity contribution in [3.63, 3.8) is 0 Å². The Labute approximate surface area is 126 Å². The van der Waals surface area contributed by atoms with Crippen molar-refractivity contribution in [2.45, 2.75) is 31.5 Å². The minimum Gasteiger partial charge on any atom is -0.387 e. The Morgan fingerprint density at radius 1 is 1.32 bits per heavy atom. The number of hydrogen-bond donors (Lipinski definition) is 2. The predicted octanol–water partition coefficient (Wildman–Crippen LogP) is 2.90. The molecule has 0 radical (unpaired) electrons. The zero-order valence-corrected chi connectivity index (χ0v) is 11.9. The molecule has 120 valence electrons. The van der Waals surface area contributed by atoms with Gasteiger partial charge in [-0.05, 0) is 42.4 Å². The first-order chi connectivity index (χ1) is 10.4. The first-order valence-corrected chi connectivity index (χ1v) is 7.51. The molecular formula is C16H18F3NO2. The molecular weight excluding hydrogens is 295 g/mol.